The second kappa shape index (κ2) is 12.4. The summed E-state index contributed by atoms with van der Waals surface area (Å²) in [4.78, 5) is 10.7. The molecule has 1 aliphatic rings. The highest BCUT2D eigenvalue weighted by molar-refractivity contribution is 6.26. The van der Waals surface area contributed by atoms with Crippen molar-refractivity contribution < 1.29 is 0 Å². The summed E-state index contributed by atoms with van der Waals surface area (Å²) >= 11 is 0. The molecular weight excluding hydrogens is 637 g/mol. The lowest BCUT2D eigenvalue weighted by molar-refractivity contribution is 0.651. The zero-order valence-corrected chi connectivity index (χ0v) is 28.3. The lowest BCUT2D eigenvalue weighted by Gasteiger charge is -2.33. The van der Waals surface area contributed by atoms with Crippen LogP contribution in [0.3, 0.4) is 0 Å². The van der Waals surface area contributed by atoms with E-state index in [2.05, 4.69) is 172 Å². The van der Waals surface area contributed by atoms with Gasteiger partial charge in [0.1, 0.15) is 6.04 Å². The molecule has 2 aromatic heterocycles. The summed E-state index contributed by atoms with van der Waals surface area (Å²) in [7, 11) is 0. The maximum Gasteiger partial charge on any atom is 0.160 e. The zero-order valence-electron chi connectivity index (χ0n) is 28.3. The van der Waals surface area contributed by atoms with Gasteiger partial charge in [-0.1, -0.05) is 133 Å². The number of rotatable bonds is 7. The molecule has 0 radical (unpaired) electrons. The number of hydrogen-bond donors (Lipinski definition) is 2. The third-order valence-corrected chi connectivity index (χ3v) is 10.0. The number of nitrogens with zero attached hydrogens (tertiary/aromatic N) is 4. The van der Waals surface area contributed by atoms with Crippen molar-refractivity contribution >= 4 is 60.8 Å². The van der Waals surface area contributed by atoms with Crippen molar-refractivity contribution in [2.75, 3.05) is 10.7 Å². The molecule has 0 spiro atoms. The summed E-state index contributed by atoms with van der Waals surface area (Å²) in [5.74, 6) is 0.689. The van der Waals surface area contributed by atoms with Gasteiger partial charge in [-0.2, -0.15) is 0 Å². The van der Waals surface area contributed by atoms with Crippen LogP contribution in [0.5, 0.6) is 0 Å². The Labute approximate surface area is 301 Å². The monoisotopic (exact) mass is 670 g/mol. The average Bonchev–Trinajstić information content (AvgIpc) is 3.72. The van der Waals surface area contributed by atoms with Gasteiger partial charge < -0.3 is 9.88 Å². The lowest BCUT2D eigenvalue weighted by atomic mass is 9.98. The maximum absolute atomic E-state index is 5.42. The molecule has 0 aliphatic carbocycles. The van der Waals surface area contributed by atoms with E-state index in [4.69, 9.17) is 9.98 Å². The van der Waals surface area contributed by atoms with Crippen LogP contribution < -0.4 is 10.7 Å². The van der Waals surface area contributed by atoms with Crippen LogP contribution in [-0.4, -0.2) is 33.0 Å². The van der Waals surface area contributed by atoms with E-state index in [1.807, 2.05) is 30.3 Å². The van der Waals surface area contributed by atoms with Crippen molar-refractivity contribution in [3.8, 4) is 5.69 Å². The number of anilines is 1. The van der Waals surface area contributed by atoms with Crippen LogP contribution in [0, 0.1) is 0 Å². The normalized spacial score (nSPS) is 15.9. The number of fused-ring (bicyclic) bond motifs is 7. The van der Waals surface area contributed by atoms with Crippen molar-refractivity contribution in [3.05, 3.63) is 193 Å². The molecule has 9 aromatic rings. The molecule has 0 bridgehead atoms. The number of para-hydroxylation sites is 4. The summed E-state index contributed by atoms with van der Waals surface area (Å²) in [5, 5.41) is 8.57. The van der Waals surface area contributed by atoms with Crippen LogP contribution in [0.15, 0.2) is 192 Å². The van der Waals surface area contributed by atoms with Crippen molar-refractivity contribution in [2.45, 2.75) is 12.2 Å². The largest absolute Gasteiger partial charge is 0.373 e. The quantitative estimate of drug-likeness (QED) is 0.177. The van der Waals surface area contributed by atoms with Crippen LogP contribution in [-0.2, 0) is 0 Å². The van der Waals surface area contributed by atoms with Gasteiger partial charge in [-0.05, 0) is 54.1 Å². The van der Waals surface area contributed by atoms with Gasteiger partial charge in [0.25, 0.3) is 0 Å². The molecule has 0 amide bonds. The third-order valence-electron chi connectivity index (χ3n) is 10.0. The SMILES string of the molecule is c1ccc(NC2C(c3ccccc3)=NC(c3ccccc3)=NC2Nn2c3ccccc3c3ccc4c(c5ccccc5n4-c4ccccc4)c32)cc1. The van der Waals surface area contributed by atoms with Gasteiger partial charge in [0.2, 0.25) is 0 Å². The van der Waals surface area contributed by atoms with Crippen LogP contribution in [0.4, 0.5) is 5.69 Å². The summed E-state index contributed by atoms with van der Waals surface area (Å²) in [6.07, 6.45) is -0.445. The molecule has 2 atom stereocenters. The summed E-state index contributed by atoms with van der Waals surface area (Å²) in [6, 6.07) is 63.3. The molecule has 2 unspecified atom stereocenters. The average molecular weight is 671 g/mol. The van der Waals surface area contributed by atoms with E-state index in [0.717, 1.165) is 50.3 Å². The van der Waals surface area contributed by atoms with Gasteiger partial charge in [0, 0.05) is 38.5 Å². The first kappa shape index (κ1) is 29.9. The van der Waals surface area contributed by atoms with E-state index in [-0.39, 0.29) is 6.04 Å². The first-order valence-electron chi connectivity index (χ1n) is 17.7. The van der Waals surface area contributed by atoms with E-state index < -0.39 is 6.17 Å². The fourth-order valence-corrected chi connectivity index (χ4v) is 7.74. The van der Waals surface area contributed by atoms with Gasteiger partial charge >= 0.3 is 0 Å². The predicted octanol–water partition coefficient (Wildman–Crippen LogP) is 10.2. The maximum atomic E-state index is 5.42. The predicted molar refractivity (Wildman–Crippen MR) is 217 cm³/mol. The Hall–Kier alpha value is -6.92. The molecule has 10 rings (SSSR count). The zero-order chi connectivity index (χ0) is 34.4. The first-order chi connectivity index (χ1) is 25.8. The first-order valence-corrected chi connectivity index (χ1v) is 17.7. The van der Waals surface area contributed by atoms with Crippen LogP contribution in [0.2, 0.25) is 0 Å². The molecule has 6 nitrogen and oxygen atoms in total. The Kier molecular flexibility index (Phi) is 7.17. The fraction of sp³-hybridized carbons (Fsp3) is 0.0435. The Morgan fingerprint density at radius 2 is 1.08 bits per heavy atom. The number of hydrogen-bond acceptors (Lipinski definition) is 4. The second-order valence-corrected chi connectivity index (χ2v) is 13.1. The highest BCUT2D eigenvalue weighted by Crippen LogP contribution is 2.40. The Morgan fingerprint density at radius 1 is 0.481 bits per heavy atom. The molecule has 1 aliphatic heterocycles. The van der Waals surface area contributed by atoms with E-state index in [9.17, 15) is 0 Å². The molecule has 2 N–H and O–H groups in total. The van der Waals surface area contributed by atoms with E-state index in [1.165, 1.54) is 21.5 Å². The topological polar surface area (TPSA) is 58.6 Å². The standard InChI is InChI=1S/C46H34N6/c1-5-17-31(18-6-1)42-43(47-33-21-9-3-10-22-33)46(49-45(48-42)32-19-7-2-8-20-32)50-52-39-28-16-13-25-35(39)36-29-30-40-41(44(36)52)37-26-14-15-27-38(37)51(40)34-23-11-4-12-24-34/h1-30,43,46-47,50H. The van der Waals surface area contributed by atoms with Gasteiger partial charge in [-0.15, -0.1) is 0 Å². The van der Waals surface area contributed by atoms with Gasteiger partial charge in [-0.3, -0.25) is 10.1 Å². The number of aliphatic imine (C=N–C) groups is 2. The van der Waals surface area contributed by atoms with Crippen LogP contribution >= 0.6 is 0 Å². The summed E-state index contributed by atoms with van der Waals surface area (Å²) < 4.78 is 4.65. The van der Waals surface area contributed by atoms with E-state index in [1.54, 1.807) is 0 Å². The minimum atomic E-state index is -0.445. The smallest absolute Gasteiger partial charge is 0.160 e. The fourth-order valence-electron chi connectivity index (χ4n) is 7.74. The van der Waals surface area contributed by atoms with Crippen molar-refractivity contribution in [3.63, 3.8) is 0 Å². The minimum Gasteiger partial charge on any atom is -0.373 e. The molecule has 3 heterocycles. The van der Waals surface area contributed by atoms with E-state index >= 15 is 0 Å². The molecule has 0 fully saturated rings. The highest BCUT2D eigenvalue weighted by Gasteiger charge is 2.33. The molecule has 0 saturated carbocycles. The lowest BCUT2D eigenvalue weighted by Crippen LogP contribution is -2.49. The summed E-state index contributed by atoms with van der Waals surface area (Å²) in [6.45, 7) is 0. The number of benzene rings is 7. The van der Waals surface area contributed by atoms with Crippen LogP contribution in [0.1, 0.15) is 11.1 Å². The number of amidine groups is 1. The molecule has 248 valence electrons. The van der Waals surface area contributed by atoms with E-state index in [0.29, 0.717) is 5.84 Å². The van der Waals surface area contributed by atoms with Gasteiger partial charge in [0.05, 0.1) is 27.8 Å². The molecule has 6 heteroatoms. The Balaban J connectivity index is 1.24. The number of aromatic nitrogens is 2. The number of nitrogens with one attached hydrogen (secondary N) is 2. The Morgan fingerprint density at radius 3 is 1.81 bits per heavy atom. The van der Waals surface area contributed by atoms with Crippen molar-refractivity contribution in [1.82, 2.24) is 9.24 Å². The second-order valence-electron chi connectivity index (χ2n) is 13.1. The molecule has 0 saturated heterocycles. The van der Waals surface area contributed by atoms with Crippen molar-refractivity contribution in [1.29, 1.82) is 0 Å². The molecular formula is C46H34N6. The summed E-state index contributed by atoms with van der Waals surface area (Å²) in [5.41, 5.74) is 13.6. The molecule has 52 heavy (non-hydrogen) atoms. The minimum absolute atomic E-state index is 0.307. The van der Waals surface area contributed by atoms with Gasteiger partial charge in [0.15, 0.2) is 12.0 Å². The van der Waals surface area contributed by atoms with Gasteiger partial charge in [-0.25, -0.2) is 9.98 Å². The molecule has 7 aromatic carbocycles. The third kappa shape index (κ3) is 4.95. The van der Waals surface area contributed by atoms with Crippen LogP contribution in [0.25, 0.3) is 49.3 Å². The van der Waals surface area contributed by atoms with Crippen molar-refractivity contribution in [2.24, 2.45) is 9.98 Å². The highest BCUT2D eigenvalue weighted by atomic mass is 15.5. The Bertz CT molecular complexity index is 2780.